The third kappa shape index (κ3) is 5.64. The Morgan fingerprint density at radius 3 is 2.55 bits per heavy atom. The minimum absolute atomic E-state index is 0.0632. The van der Waals surface area contributed by atoms with Crippen LogP contribution in [0.4, 0.5) is 18.9 Å². The molecule has 6 nitrogen and oxygen atoms in total. The van der Waals surface area contributed by atoms with Gasteiger partial charge in [0.1, 0.15) is 12.2 Å². The van der Waals surface area contributed by atoms with Crippen LogP contribution in [-0.4, -0.2) is 27.1 Å². The predicted octanol–water partition coefficient (Wildman–Crippen LogP) is 3.92. The highest BCUT2D eigenvalue weighted by atomic mass is 19.4. The Hall–Kier alpha value is -3.20. The molecule has 3 N–H and O–H groups in total. The molecule has 0 saturated heterocycles. The van der Waals surface area contributed by atoms with Crippen LogP contribution in [0.5, 0.6) is 0 Å². The second kappa shape index (κ2) is 8.87. The van der Waals surface area contributed by atoms with Crippen molar-refractivity contribution in [2.45, 2.75) is 31.6 Å². The number of hydrogen-bond acceptors (Lipinski definition) is 4. The van der Waals surface area contributed by atoms with Gasteiger partial charge in [-0.15, -0.1) is 0 Å². The number of aromatic amines is 1. The van der Waals surface area contributed by atoms with Gasteiger partial charge in [0.25, 0.3) is 0 Å². The van der Waals surface area contributed by atoms with Crippen LogP contribution in [-0.2, 0) is 11.0 Å². The molecule has 1 heterocycles. The predicted molar refractivity (Wildman–Crippen MR) is 102 cm³/mol. The number of benzene rings is 2. The van der Waals surface area contributed by atoms with E-state index in [1.807, 2.05) is 37.3 Å². The number of alkyl halides is 3. The molecule has 152 valence electrons. The van der Waals surface area contributed by atoms with Crippen molar-refractivity contribution in [3.8, 4) is 0 Å². The van der Waals surface area contributed by atoms with Crippen LogP contribution in [0.3, 0.4) is 0 Å². The standard InChI is InChI=1S/C20H20F3N5O/c1-13(10-17(29)27-16-9-5-8-15(11-16)20(21,22)23)26-18(19-24-12-25-28-19)14-6-3-2-4-7-14/h2-9,11-13,18,26H,10H2,1H3,(H,27,29)(H,24,25,28)/t13-,18+/m1/s1. The van der Waals surface area contributed by atoms with Gasteiger partial charge in [-0.05, 0) is 30.7 Å². The van der Waals surface area contributed by atoms with E-state index in [9.17, 15) is 18.0 Å². The van der Waals surface area contributed by atoms with Gasteiger partial charge < -0.3 is 10.6 Å². The summed E-state index contributed by atoms with van der Waals surface area (Å²) in [6, 6.07) is 13.5. The van der Waals surface area contributed by atoms with Crippen molar-refractivity contribution in [1.29, 1.82) is 0 Å². The second-order valence-corrected chi connectivity index (χ2v) is 6.61. The molecule has 0 saturated carbocycles. The maximum atomic E-state index is 12.8. The average Bonchev–Trinajstić information content (AvgIpc) is 3.20. The molecule has 2 atom stereocenters. The van der Waals surface area contributed by atoms with E-state index in [-0.39, 0.29) is 24.2 Å². The Kier molecular flexibility index (Phi) is 6.28. The number of anilines is 1. The fourth-order valence-corrected chi connectivity index (χ4v) is 2.94. The largest absolute Gasteiger partial charge is 0.416 e. The van der Waals surface area contributed by atoms with Crippen molar-refractivity contribution < 1.29 is 18.0 Å². The van der Waals surface area contributed by atoms with Gasteiger partial charge in [-0.1, -0.05) is 36.4 Å². The van der Waals surface area contributed by atoms with Gasteiger partial charge in [-0.2, -0.15) is 18.3 Å². The summed E-state index contributed by atoms with van der Waals surface area (Å²) < 4.78 is 38.5. The molecule has 9 heteroatoms. The highest BCUT2D eigenvalue weighted by Gasteiger charge is 2.30. The smallest absolute Gasteiger partial charge is 0.326 e. The lowest BCUT2D eigenvalue weighted by Gasteiger charge is -2.22. The van der Waals surface area contributed by atoms with Crippen molar-refractivity contribution in [3.05, 3.63) is 77.9 Å². The van der Waals surface area contributed by atoms with Crippen molar-refractivity contribution in [2.24, 2.45) is 0 Å². The zero-order valence-corrected chi connectivity index (χ0v) is 15.6. The number of nitrogens with one attached hydrogen (secondary N) is 3. The Morgan fingerprint density at radius 1 is 1.14 bits per heavy atom. The molecule has 3 aromatic rings. The molecule has 29 heavy (non-hydrogen) atoms. The first kappa shape index (κ1) is 20.5. The average molecular weight is 403 g/mol. The van der Waals surface area contributed by atoms with Gasteiger partial charge >= 0.3 is 6.18 Å². The van der Waals surface area contributed by atoms with Crippen molar-refractivity contribution in [3.63, 3.8) is 0 Å². The molecule has 0 aliphatic heterocycles. The summed E-state index contributed by atoms with van der Waals surface area (Å²) in [4.78, 5) is 16.5. The van der Waals surface area contributed by atoms with Crippen LogP contribution >= 0.6 is 0 Å². The summed E-state index contributed by atoms with van der Waals surface area (Å²) in [5, 5.41) is 12.5. The van der Waals surface area contributed by atoms with Crippen LogP contribution in [0.2, 0.25) is 0 Å². The summed E-state index contributed by atoms with van der Waals surface area (Å²) >= 11 is 0. The van der Waals surface area contributed by atoms with E-state index < -0.39 is 17.6 Å². The molecule has 1 aromatic heterocycles. The summed E-state index contributed by atoms with van der Waals surface area (Å²) in [6.07, 6.45) is -3.00. The van der Waals surface area contributed by atoms with Gasteiger partial charge in [0.2, 0.25) is 5.91 Å². The van der Waals surface area contributed by atoms with Crippen molar-refractivity contribution >= 4 is 11.6 Å². The minimum atomic E-state index is -4.46. The van der Waals surface area contributed by atoms with E-state index in [4.69, 9.17) is 0 Å². The quantitative estimate of drug-likeness (QED) is 0.558. The van der Waals surface area contributed by atoms with Crippen LogP contribution in [0.25, 0.3) is 0 Å². The Morgan fingerprint density at radius 2 is 1.90 bits per heavy atom. The molecule has 2 aromatic carbocycles. The summed E-state index contributed by atoms with van der Waals surface area (Å²) in [5.41, 5.74) is 0.234. The second-order valence-electron chi connectivity index (χ2n) is 6.61. The SMILES string of the molecule is C[C@H](CC(=O)Nc1cccc(C(F)(F)F)c1)N[C@@H](c1ccccc1)c1ncn[nH]1. The lowest BCUT2D eigenvalue weighted by atomic mass is 10.0. The third-order valence-electron chi connectivity index (χ3n) is 4.26. The van der Waals surface area contributed by atoms with Gasteiger partial charge in [0.05, 0.1) is 11.6 Å². The van der Waals surface area contributed by atoms with Gasteiger partial charge in [-0.3, -0.25) is 9.89 Å². The number of aromatic nitrogens is 3. The number of nitrogens with zero attached hydrogens (tertiary/aromatic N) is 2. The topological polar surface area (TPSA) is 82.7 Å². The summed E-state index contributed by atoms with van der Waals surface area (Å²) in [6.45, 7) is 1.82. The molecule has 3 rings (SSSR count). The number of carbonyl (C=O) groups is 1. The molecular weight excluding hydrogens is 383 g/mol. The normalized spacial score (nSPS) is 13.7. The van der Waals surface area contributed by atoms with Crippen molar-refractivity contribution in [2.75, 3.05) is 5.32 Å². The number of H-pyrrole nitrogens is 1. The van der Waals surface area contributed by atoms with Gasteiger partial charge in [-0.25, -0.2) is 4.98 Å². The first-order valence-corrected chi connectivity index (χ1v) is 8.96. The zero-order chi connectivity index (χ0) is 20.9. The maximum Gasteiger partial charge on any atom is 0.416 e. The fraction of sp³-hybridized carbons (Fsp3) is 0.250. The lowest BCUT2D eigenvalue weighted by Crippen LogP contribution is -2.35. The van der Waals surface area contributed by atoms with E-state index >= 15 is 0 Å². The monoisotopic (exact) mass is 403 g/mol. The Balaban J connectivity index is 1.64. The van der Waals surface area contributed by atoms with Crippen LogP contribution in [0, 0.1) is 0 Å². The molecule has 0 fully saturated rings. The lowest BCUT2D eigenvalue weighted by molar-refractivity contribution is -0.137. The molecule has 0 aliphatic rings. The number of hydrogen-bond donors (Lipinski definition) is 3. The zero-order valence-electron chi connectivity index (χ0n) is 15.6. The third-order valence-corrected chi connectivity index (χ3v) is 4.26. The molecule has 0 aliphatic carbocycles. The molecule has 0 spiro atoms. The molecular formula is C20H20F3N5O. The highest BCUT2D eigenvalue weighted by molar-refractivity contribution is 5.91. The van der Waals surface area contributed by atoms with Gasteiger partial charge in [0, 0.05) is 18.2 Å². The fourth-order valence-electron chi connectivity index (χ4n) is 2.94. The molecule has 0 bridgehead atoms. The summed E-state index contributed by atoms with van der Waals surface area (Å²) in [5.74, 6) is 0.204. The van der Waals surface area contributed by atoms with Crippen LogP contribution in [0.15, 0.2) is 60.9 Å². The number of carbonyl (C=O) groups excluding carboxylic acids is 1. The van der Waals surface area contributed by atoms with Gasteiger partial charge in [0.15, 0.2) is 0 Å². The highest BCUT2D eigenvalue weighted by Crippen LogP contribution is 2.30. The Bertz CT molecular complexity index is 929. The first-order chi connectivity index (χ1) is 13.8. The summed E-state index contributed by atoms with van der Waals surface area (Å²) in [7, 11) is 0. The van der Waals surface area contributed by atoms with Crippen LogP contribution < -0.4 is 10.6 Å². The number of amides is 1. The van der Waals surface area contributed by atoms with E-state index in [0.29, 0.717) is 5.82 Å². The number of rotatable bonds is 7. The van der Waals surface area contributed by atoms with E-state index in [0.717, 1.165) is 17.7 Å². The molecule has 1 amide bonds. The van der Waals surface area contributed by atoms with Crippen molar-refractivity contribution in [1.82, 2.24) is 20.5 Å². The van der Waals surface area contributed by atoms with E-state index in [1.54, 1.807) is 0 Å². The molecule has 0 unspecified atom stereocenters. The maximum absolute atomic E-state index is 12.8. The van der Waals surface area contributed by atoms with E-state index in [2.05, 4.69) is 25.8 Å². The minimum Gasteiger partial charge on any atom is -0.326 e. The van der Waals surface area contributed by atoms with E-state index in [1.165, 1.54) is 18.5 Å². The first-order valence-electron chi connectivity index (χ1n) is 8.96. The Labute approximate surface area is 165 Å². The molecule has 0 radical (unpaired) electrons. The number of halogens is 3. The van der Waals surface area contributed by atoms with Crippen LogP contribution in [0.1, 0.15) is 36.3 Å².